The molecule has 0 aromatic rings. The summed E-state index contributed by atoms with van der Waals surface area (Å²) in [7, 11) is 1.51. The Morgan fingerprint density at radius 3 is 2.00 bits per heavy atom. The van der Waals surface area contributed by atoms with Gasteiger partial charge in [-0.2, -0.15) is 0 Å². The van der Waals surface area contributed by atoms with Crippen molar-refractivity contribution in [3.05, 3.63) is 11.6 Å². The molecule has 0 bridgehead atoms. The first-order valence-corrected chi connectivity index (χ1v) is 3.87. The van der Waals surface area contributed by atoms with Crippen LogP contribution in [0, 0.1) is 0 Å². The monoisotopic (exact) mass is 200 g/mol. The van der Waals surface area contributed by atoms with Crippen molar-refractivity contribution in [2.75, 3.05) is 7.11 Å². The first kappa shape index (κ1) is 8.66. The fourth-order valence-corrected chi connectivity index (χ4v) is 2.06. The molecule has 1 fully saturated rings. The predicted octanol–water partition coefficient (Wildman–Crippen LogP) is 2.70. The normalized spacial score (nSPS) is 35.6. The van der Waals surface area contributed by atoms with Gasteiger partial charge in [0.25, 0.3) is 0 Å². The Hall–Kier alpha value is 0.570. The number of hydrogen-bond acceptors (Lipinski definition) is 1. The largest absolute Gasteiger partial charge is 0.369 e. The van der Waals surface area contributed by atoms with Gasteiger partial charge in [-0.3, -0.25) is 0 Å². The van der Waals surface area contributed by atoms with Crippen LogP contribution in [-0.2, 0) is 4.74 Å². The molecule has 10 heavy (non-hydrogen) atoms. The lowest BCUT2D eigenvalue weighted by molar-refractivity contribution is 0.115. The van der Waals surface area contributed by atoms with Crippen molar-refractivity contribution in [2.24, 2.45) is 0 Å². The molecule has 1 aliphatic carbocycles. The molecular formula is C6H7Cl3O. The average molecular weight is 201 g/mol. The van der Waals surface area contributed by atoms with Gasteiger partial charge in [0.2, 0.25) is 0 Å². The highest BCUT2D eigenvalue weighted by Crippen LogP contribution is 2.63. The summed E-state index contributed by atoms with van der Waals surface area (Å²) in [4.78, 5) is 0. The van der Waals surface area contributed by atoms with Gasteiger partial charge in [-0.25, -0.2) is 0 Å². The molecule has 1 saturated carbocycles. The van der Waals surface area contributed by atoms with Gasteiger partial charge in [-0.1, -0.05) is 41.4 Å². The fourth-order valence-electron chi connectivity index (χ4n) is 0.895. The van der Waals surface area contributed by atoms with Crippen LogP contribution in [0.3, 0.4) is 0 Å². The fraction of sp³-hybridized carbons (Fsp3) is 0.667. The molecule has 0 spiro atoms. The second-order valence-electron chi connectivity index (χ2n) is 2.32. The maximum atomic E-state index is 5.75. The second kappa shape index (κ2) is 2.28. The van der Waals surface area contributed by atoms with Crippen LogP contribution in [0.2, 0.25) is 0 Å². The Morgan fingerprint density at radius 1 is 1.60 bits per heavy atom. The van der Waals surface area contributed by atoms with E-state index >= 15 is 0 Å². The Bertz CT molecular complexity index is 178. The highest BCUT2D eigenvalue weighted by Gasteiger charge is 2.69. The van der Waals surface area contributed by atoms with Crippen LogP contribution in [0.25, 0.3) is 0 Å². The first-order chi connectivity index (χ1) is 4.46. The Morgan fingerprint density at radius 2 is 2.00 bits per heavy atom. The van der Waals surface area contributed by atoms with E-state index < -0.39 is 9.93 Å². The van der Waals surface area contributed by atoms with Crippen molar-refractivity contribution in [2.45, 2.75) is 16.4 Å². The van der Waals surface area contributed by atoms with Crippen molar-refractivity contribution in [3.63, 3.8) is 0 Å². The third-order valence-corrected chi connectivity index (χ3v) is 2.91. The molecule has 0 radical (unpaired) electrons. The standard InChI is InChI=1S/C6H7Cl3O/c1-4(7)5(10-2)3-6(5,8)9/h1,3H2,2H3. The molecule has 58 valence electrons. The summed E-state index contributed by atoms with van der Waals surface area (Å²) < 4.78 is 4.16. The molecule has 0 aliphatic heterocycles. The molecule has 1 unspecified atom stereocenters. The lowest BCUT2D eigenvalue weighted by atomic mass is 10.3. The summed E-state index contributed by atoms with van der Waals surface area (Å²) in [5, 5.41) is 0.361. The van der Waals surface area contributed by atoms with Crippen LogP contribution in [0.4, 0.5) is 0 Å². The number of rotatable bonds is 2. The lowest BCUT2D eigenvalue weighted by Gasteiger charge is -2.13. The smallest absolute Gasteiger partial charge is 0.155 e. The van der Waals surface area contributed by atoms with E-state index in [-0.39, 0.29) is 0 Å². The molecule has 0 N–H and O–H groups in total. The quantitative estimate of drug-likeness (QED) is 0.624. The van der Waals surface area contributed by atoms with E-state index in [2.05, 4.69) is 6.58 Å². The SMILES string of the molecule is C=C(Cl)C1(OC)CC1(Cl)Cl. The van der Waals surface area contributed by atoms with Crippen molar-refractivity contribution in [1.82, 2.24) is 0 Å². The maximum absolute atomic E-state index is 5.75. The highest BCUT2D eigenvalue weighted by molar-refractivity contribution is 6.53. The Balaban J connectivity index is 2.78. The summed E-state index contributed by atoms with van der Waals surface area (Å²) in [6.07, 6.45) is 0.516. The molecule has 0 aromatic carbocycles. The number of alkyl halides is 2. The van der Waals surface area contributed by atoms with Gasteiger partial charge >= 0.3 is 0 Å². The molecule has 0 heterocycles. The van der Waals surface area contributed by atoms with Crippen LogP contribution < -0.4 is 0 Å². The van der Waals surface area contributed by atoms with Gasteiger partial charge < -0.3 is 4.74 Å². The lowest BCUT2D eigenvalue weighted by Crippen LogP contribution is -2.19. The molecule has 4 heteroatoms. The van der Waals surface area contributed by atoms with Crippen LogP contribution in [-0.4, -0.2) is 17.0 Å². The minimum Gasteiger partial charge on any atom is -0.369 e. The van der Waals surface area contributed by atoms with E-state index in [0.717, 1.165) is 0 Å². The van der Waals surface area contributed by atoms with E-state index in [0.29, 0.717) is 11.5 Å². The van der Waals surface area contributed by atoms with E-state index in [4.69, 9.17) is 39.5 Å². The summed E-state index contributed by atoms with van der Waals surface area (Å²) in [5.41, 5.74) is -0.711. The third kappa shape index (κ3) is 0.964. The molecule has 0 aromatic heterocycles. The van der Waals surface area contributed by atoms with Crippen molar-refractivity contribution in [3.8, 4) is 0 Å². The third-order valence-electron chi connectivity index (χ3n) is 1.72. The van der Waals surface area contributed by atoms with Gasteiger partial charge in [0.15, 0.2) is 4.33 Å². The van der Waals surface area contributed by atoms with E-state index in [1.165, 1.54) is 7.11 Å². The second-order valence-corrected chi connectivity index (χ2v) is 4.26. The topological polar surface area (TPSA) is 9.23 Å². The average Bonchev–Trinajstić information content (AvgIpc) is 2.35. The summed E-state index contributed by atoms with van der Waals surface area (Å²) >= 11 is 17.1. The maximum Gasteiger partial charge on any atom is 0.155 e. The van der Waals surface area contributed by atoms with Gasteiger partial charge in [-0.15, -0.1) is 0 Å². The molecule has 1 nitrogen and oxygen atoms in total. The molecule has 0 amide bonds. The van der Waals surface area contributed by atoms with Crippen molar-refractivity contribution < 1.29 is 4.74 Å². The van der Waals surface area contributed by atoms with Crippen molar-refractivity contribution in [1.29, 1.82) is 0 Å². The molecule has 1 atom stereocenters. The zero-order chi connectivity index (χ0) is 7.99. The minimum absolute atomic E-state index is 0.361. The summed E-state index contributed by atoms with van der Waals surface area (Å²) in [6, 6.07) is 0. The first-order valence-electron chi connectivity index (χ1n) is 2.74. The van der Waals surface area contributed by atoms with E-state index in [9.17, 15) is 0 Å². The zero-order valence-electron chi connectivity index (χ0n) is 5.46. The zero-order valence-corrected chi connectivity index (χ0v) is 7.72. The molecule has 1 aliphatic rings. The predicted molar refractivity (Wildman–Crippen MR) is 43.8 cm³/mol. The number of halogens is 3. The summed E-state index contributed by atoms with van der Waals surface area (Å²) in [5.74, 6) is 0. The van der Waals surface area contributed by atoms with Crippen LogP contribution in [0.1, 0.15) is 6.42 Å². The van der Waals surface area contributed by atoms with Crippen LogP contribution in [0.5, 0.6) is 0 Å². The molecule has 0 saturated heterocycles. The van der Waals surface area contributed by atoms with Gasteiger partial charge in [0, 0.05) is 18.6 Å². The molecular weight excluding hydrogens is 194 g/mol. The van der Waals surface area contributed by atoms with Crippen LogP contribution >= 0.6 is 34.8 Å². The van der Waals surface area contributed by atoms with E-state index in [1.807, 2.05) is 0 Å². The molecule has 1 rings (SSSR count). The van der Waals surface area contributed by atoms with Gasteiger partial charge in [0.05, 0.1) is 0 Å². The van der Waals surface area contributed by atoms with Gasteiger partial charge in [-0.05, 0) is 0 Å². The van der Waals surface area contributed by atoms with Crippen molar-refractivity contribution >= 4 is 34.8 Å². The van der Waals surface area contributed by atoms with E-state index in [1.54, 1.807) is 0 Å². The minimum atomic E-state index is -0.874. The summed E-state index contributed by atoms with van der Waals surface area (Å²) in [6.45, 7) is 3.53. The number of hydrogen-bond donors (Lipinski definition) is 0. The van der Waals surface area contributed by atoms with Gasteiger partial charge in [0.1, 0.15) is 5.60 Å². The highest BCUT2D eigenvalue weighted by atomic mass is 35.5. The van der Waals surface area contributed by atoms with Crippen LogP contribution in [0.15, 0.2) is 11.6 Å². The Labute approximate surface area is 74.9 Å². The number of ether oxygens (including phenoxy) is 1. The number of methoxy groups -OCH3 is 1. The Kier molecular flexibility index (Phi) is 1.97.